The minimum atomic E-state index is -0.413. The SMILES string of the molecule is CSCCn1c(=NC(=O)C(c2ccccc2)c2ccccc2)sc2c(C)cc(C)cc21. The van der Waals surface area contributed by atoms with Crippen molar-refractivity contribution in [2.24, 2.45) is 4.99 Å². The highest BCUT2D eigenvalue weighted by molar-refractivity contribution is 7.98. The minimum Gasteiger partial charge on any atom is -0.315 e. The second-order valence-corrected chi connectivity index (χ2v) is 9.63. The summed E-state index contributed by atoms with van der Waals surface area (Å²) in [7, 11) is 0. The highest BCUT2D eigenvalue weighted by Crippen LogP contribution is 2.27. The number of benzene rings is 3. The molecule has 0 aliphatic rings. The second kappa shape index (κ2) is 9.67. The molecule has 0 aliphatic carbocycles. The Kier molecular flexibility index (Phi) is 6.73. The Balaban J connectivity index is 1.87. The Morgan fingerprint density at radius 1 is 1.00 bits per heavy atom. The van der Waals surface area contributed by atoms with Gasteiger partial charge in [-0.15, -0.1) is 0 Å². The molecule has 0 radical (unpaired) electrons. The van der Waals surface area contributed by atoms with E-state index in [1.807, 2.05) is 60.7 Å². The van der Waals surface area contributed by atoms with E-state index in [-0.39, 0.29) is 5.91 Å². The Morgan fingerprint density at radius 2 is 1.61 bits per heavy atom. The lowest BCUT2D eigenvalue weighted by Crippen LogP contribution is -2.21. The Bertz CT molecular complexity index is 1220. The van der Waals surface area contributed by atoms with Crippen LogP contribution in [0.25, 0.3) is 10.2 Å². The molecule has 1 amide bonds. The molecule has 0 atom stereocenters. The molecule has 31 heavy (non-hydrogen) atoms. The van der Waals surface area contributed by atoms with Crippen LogP contribution < -0.4 is 4.80 Å². The van der Waals surface area contributed by atoms with Gasteiger partial charge in [0.25, 0.3) is 5.91 Å². The Morgan fingerprint density at radius 3 is 2.19 bits per heavy atom. The summed E-state index contributed by atoms with van der Waals surface area (Å²) in [6, 6.07) is 24.3. The monoisotopic (exact) mass is 446 g/mol. The van der Waals surface area contributed by atoms with Crippen molar-refractivity contribution in [1.29, 1.82) is 0 Å². The van der Waals surface area contributed by atoms with E-state index in [9.17, 15) is 4.79 Å². The van der Waals surface area contributed by atoms with Gasteiger partial charge in [-0.3, -0.25) is 4.79 Å². The fourth-order valence-corrected chi connectivity index (χ4v) is 5.40. The molecule has 3 nitrogen and oxygen atoms in total. The molecule has 4 rings (SSSR count). The molecular formula is C26H26N2OS2. The van der Waals surface area contributed by atoms with Crippen molar-refractivity contribution in [1.82, 2.24) is 4.57 Å². The number of thiazole rings is 1. The van der Waals surface area contributed by atoms with Crippen LogP contribution in [0.2, 0.25) is 0 Å². The summed E-state index contributed by atoms with van der Waals surface area (Å²) in [6.07, 6.45) is 2.11. The van der Waals surface area contributed by atoms with E-state index in [0.29, 0.717) is 0 Å². The average Bonchev–Trinajstić information content (AvgIpc) is 3.11. The summed E-state index contributed by atoms with van der Waals surface area (Å²) in [5.74, 6) is 0.432. The molecule has 0 saturated heterocycles. The first-order valence-corrected chi connectivity index (χ1v) is 12.6. The molecule has 0 saturated carbocycles. The summed E-state index contributed by atoms with van der Waals surface area (Å²) < 4.78 is 3.41. The van der Waals surface area contributed by atoms with Crippen molar-refractivity contribution >= 4 is 39.2 Å². The number of hydrogen-bond acceptors (Lipinski definition) is 3. The number of fused-ring (bicyclic) bond motifs is 1. The lowest BCUT2D eigenvalue weighted by atomic mass is 9.91. The minimum absolute atomic E-state index is 0.128. The van der Waals surface area contributed by atoms with Crippen LogP contribution in [-0.4, -0.2) is 22.5 Å². The normalized spacial score (nSPS) is 12.1. The van der Waals surface area contributed by atoms with Crippen LogP contribution >= 0.6 is 23.1 Å². The van der Waals surface area contributed by atoms with Gasteiger partial charge >= 0.3 is 0 Å². The third-order valence-electron chi connectivity index (χ3n) is 5.35. The van der Waals surface area contributed by atoms with Gasteiger partial charge < -0.3 is 4.57 Å². The second-order valence-electron chi connectivity index (χ2n) is 7.66. The molecule has 0 bridgehead atoms. The van der Waals surface area contributed by atoms with Crippen LogP contribution in [0.5, 0.6) is 0 Å². The zero-order valence-corrected chi connectivity index (χ0v) is 19.7. The van der Waals surface area contributed by atoms with Crippen LogP contribution in [0.1, 0.15) is 28.2 Å². The topological polar surface area (TPSA) is 34.4 Å². The van der Waals surface area contributed by atoms with E-state index in [1.165, 1.54) is 21.3 Å². The molecule has 0 N–H and O–H groups in total. The average molecular weight is 447 g/mol. The van der Waals surface area contributed by atoms with Crippen LogP contribution in [0.4, 0.5) is 0 Å². The number of thioether (sulfide) groups is 1. The van der Waals surface area contributed by atoms with Crippen molar-refractivity contribution in [2.45, 2.75) is 26.3 Å². The molecule has 3 aromatic carbocycles. The lowest BCUT2D eigenvalue weighted by molar-refractivity contribution is -0.118. The standard InChI is InChI=1S/C26H26N2OS2/c1-18-16-19(2)24-22(17-18)28(14-15-30-3)26(31-24)27-25(29)23(20-10-6-4-7-11-20)21-12-8-5-9-13-21/h4-13,16-17,23H,14-15H2,1-3H3. The van der Waals surface area contributed by atoms with Crippen LogP contribution in [0.3, 0.4) is 0 Å². The first-order chi connectivity index (χ1) is 15.1. The predicted octanol–water partition coefficient (Wildman–Crippen LogP) is 5.94. The number of nitrogens with zero attached hydrogens (tertiary/aromatic N) is 2. The summed E-state index contributed by atoms with van der Waals surface area (Å²) in [5, 5.41) is 0. The Labute approximate surface area is 191 Å². The zero-order chi connectivity index (χ0) is 21.8. The molecule has 5 heteroatoms. The first-order valence-electron chi connectivity index (χ1n) is 10.4. The van der Waals surface area contributed by atoms with Gasteiger partial charge in [-0.2, -0.15) is 16.8 Å². The van der Waals surface area contributed by atoms with Gasteiger partial charge in [-0.05, 0) is 48.4 Å². The van der Waals surface area contributed by atoms with Gasteiger partial charge in [-0.1, -0.05) is 78.1 Å². The van der Waals surface area contributed by atoms with Crippen molar-refractivity contribution in [3.63, 3.8) is 0 Å². The highest BCUT2D eigenvalue weighted by atomic mass is 32.2. The lowest BCUT2D eigenvalue weighted by Gasteiger charge is -2.14. The van der Waals surface area contributed by atoms with Gasteiger partial charge in [-0.25, -0.2) is 0 Å². The van der Waals surface area contributed by atoms with E-state index in [1.54, 1.807) is 23.1 Å². The smallest absolute Gasteiger partial charge is 0.260 e. The molecular weight excluding hydrogens is 420 g/mol. The molecule has 4 aromatic rings. The summed E-state index contributed by atoms with van der Waals surface area (Å²) in [5.41, 5.74) is 5.55. The highest BCUT2D eigenvalue weighted by Gasteiger charge is 2.23. The summed E-state index contributed by atoms with van der Waals surface area (Å²) >= 11 is 3.41. The number of carbonyl (C=O) groups excluding carboxylic acids is 1. The maximum atomic E-state index is 13.6. The van der Waals surface area contributed by atoms with Crippen LogP contribution in [0, 0.1) is 13.8 Å². The molecule has 0 fully saturated rings. The van der Waals surface area contributed by atoms with Crippen LogP contribution in [0.15, 0.2) is 77.8 Å². The third-order valence-corrected chi connectivity index (χ3v) is 7.17. The fourth-order valence-electron chi connectivity index (χ4n) is 3.92. The van der Waals surface area contributed by atoms with E-state index in [4.69, 9.17) is 4.99 Å². The number of aryl methyl sites for hydroxylation is 3. The van der Waals surface area contributed by atoms with Crippen molar-refractivity contribution in [2.75, 3.05) is 12.0 Å². The molecule has 0 unspecified atom stereocenters. The first kappa shape index (κ1) is 21.6. The third kappa shape index (κ3) is 4.68. The van der Waals surface area contributed by atoms with Gasteiger partial charge in [0.15, 0.2) is 4.80 Å². The van der Waals surface area contributed by atoms with Gasteiger partial charge in [0.05, 0.1) is 16.1 Å². The van der Waals surface area contributed by atoms with Crippen LogP contribution in [-0.2, 0) is 11.3 Å². The Hall–Kier alpha value is -2.63. The number of carbonyl (C=O) groups is 1. The summed E-state index contributed by atoms with van der Waals surface area (Å²) in [6.45, 7) is 5.08. The van der Waals surface area contributed by atoms with Crippen molar-refractivity contribution < 1.29 is 4.79 Å². The number of hydrogen-bond donors (Lipinski definition) is 0. The predicted molar refractivity (Wildman–Crippen MR) is 133 cm³/mol. The summed E-state index contributed by atoms with van der Waals surface area (Å²) in [4.78, 5) is 19.1. The molecule has 1 heterocycles. The zero-order valence-electron chi connectivity index (χ0n) is 18.0. The van der Waals surface area contributed by atoms with Gasteiger partial charge in [0, 0.05) is 12.3 Å². The quantitative estimate of drug-likeness (QED) is 0.367. The maximum Gasteiger partial charge on any atom is 0.260 e. The maximum absolute atomic E-state index is 13.6. The van der Waals surface area contributed by atoms with E-state index in [0.717, 1.165) is 28.2 Å². The van der Waals surface area contributed by atoms with E-state index < -0.39 is 5.92 Å². The number of amides is 1. The van der Waals surface area contributed by atoms with Gasteiger partial charge in [0.1, 0.15) is 0 Å². The molecule has 1 aromatic heterocycles. The molecule has 0 aliphatic heterocycles. The number of rotatable bonds is 6. The van der Waals surface area contributed by atoms with Crippen molar-refractivity contribution in [3.8, 4) is 0 Å². The van der Waals surface area contributed by atoms with E-state index >= 15 is 0 Å². The van der Waals surface area contributed by atoms with E-state index in [2.05, 4.69) is 36.8 Å². The fraction of sp³-hybridized carbons (Fsp3) is 0.231. The largest absolute Gasteiger partial charge is 0.315 e. The molecule has 158 valence electrons. The van der Waals surface area contributed by atoms with Gasteiger partial charge in [0.2, 0.25) is 0 Å². The molecule has 0 spiro atoms. The number of aromatic nitrogens is 1. The van der Waals surface area contributed by atoms with Crippen molar-refractivity contribution in [3.05, 3.63) is 99.9 Å².